The molecule has 1 aliphatic heterocycles. The van der Waals surface area contributed by atoms with Gasteiger partial charge in [-0.25, -0.2) is 19.3 Å². The molecule has 0 spiro atoms. The lowest BCUT2D eigenvalue weighted by molar-refractivity contribution is -0.160. The van der Waals surface area contributed by atoms with Crippen molar-refractivity contribution in [1.82, 2.24) is 34.3 Å². The van der Waals surface area contributed by atoms with E-state index in [1.165, 1.54) is 6.20 Å². The standard InChI is InChI=1S/C32H43N9O6/c1-24-6-7-26(34-21-24)41-27(36-31(43)25-22-35-40-9-5-8-33-30(25)40)20-28(37-41)39-12-10-38(11-13-39)14-15-44-16-17-45-18-19-46-23-29(42)47-32(2,3)4/h5-9,20-22H,10-19,23H2,1-4H3,(H,36,43). The zero-order valence-corrected chi connectivity index (χ0v) is 27.4. The highest BCUT2D eigenvalue weighted by Gasteiger charge is 2.23. The van der Waals surface area contributed by atoms with E-state index in [0.717, 1.165) is 44.1 Å². The number of nitrogens with one attached hydrogen (secondary N) is 1. The first-order chi connectivity index (χ1) is 22.7. The molecule has 4 aromatic heterocycles. The van der Waals surface area contributed by atoms with Crippen molar-refractivity contribution in [2.24, 2.45) is 0 Å². The number of aryl methyl sites for hydroxylation is 1. The summed E-state index contributed by atoms with van der Waals surface area (Å²) >= 11 is 0. The number of esters is 1. The molecule has 1 aliphatic rings. The Kier molecular flexibility index (Phi) is 11.5. The van der Waals surface area contributed by atoms with Crippen LogP contribution in [0.4, 0.5) is 11.6 Å². The summed E-state index contributed by atoms with van der Waals surface area (Å²) in [5.41, 5.74) is 1.34. The summed E-state index contributed by atoms with van der Waals surface area (Å²) in [7, 11) is 0. The largest absolute Gasteiger partial charge is 0.458 e. The third-order valence-corrected chi connectivity index (χ3v) is 7.21. The molecule has 0 saturated carbocycles. The van der Waals surface area contributed by atoms with E-state index < -0.39 is 5.60 Å². The zero-order valence-electron chi connectivity index (χ0n) is 27.4. The molecule has 1 fully saturated rings. The van der Waals surface area contributed by atoms with E-state index in [2.05, 4.69) is 30.2 Å². The second-order valence-electron chi connectivity index (χ2n) is 12.1. The Hall–Kier alpha value is -4.44. The van der Waals surface area contributed by atoms with Crippen LogP contribution in [0.25, 0.3) is 11.5 Å². The molecule has 15 heteroatoms. The molecule has 0 aromatic carbocycles. The van der Waals surface area contributed by atoms with E-state index in [9.17, 15) is 9.59 Å². The number of hydrogen-bond donors (Lipinski definition) is 1. The van der Waals surface area contributed by atoms with E-state index >= 15 is 0 Å². The minimum atomic E-state index is -0.521. The van der Waals surface area contributed by atoms with Gasteiger partial charge in [0.25, 0.3) is 5.91 Å². The number of rotatable bonds is 15. The molecule has 4 aromatic rings. The Morgan fingerprint density at radius 3 is 2.38 bits per heavy atom. The van der Waals surface area contributed by atoms with Crippen molar-refractivity contribution in [2.45, 2.75) is 33.3 Å². The van der Waals surface area contributed by atoms with Crippen LogP contribution < -0.4 is 10.2 Å². The summed E-state index contributed by atoms with van der Waals surface area (Å²) in [6, 6.07) is 7.47. The van der Waals surface area contributed by atoms with E-state index in [-0.39, 0.29) is 18.5 Å². The number of ether oxygens (including phenoxy) is 4. The number of amides is 1. The summed E-state index contributed by atoms with van der Waals surface area (Å²) in [6.45, 7) is 13.6. The number of hydrogen-bond acceptors (Lipinski definition) is 12. The third kappa shape index (κ3) is 9.78. The number of pyridine rings is 1. The lowest BCUT2D eigenvalue weighted by Crippen LogP contribution is -2.47. The van der Waals surface area contributed by atoms with Gasteiger partial charge < -0.3 is 29.2 Å². The van der Waals surface area contributed by atoms with Gasteiger partial charge in [-0.05, 0) is 45.4 Å². The quantitative estimate of drug-likeness (QED) is 0.149. The molecule has 1 saturated heterocycles. The lowest BCUT2D eigenvalue weighted by atomic mass is 10.2. The molecule has 1 amide bonds. The molecule has 15 nitrogen and oxygen atoms in total. The molecule has 47 heavy (non-hydrogen) atoms. The van der Waals surface area contributed by atoms with Crippen molar-refractivity contribution in [3.05, 3.63) is 60.2 Å². The van der Waals surface area contributed by atoms with Crippen LogP contribution in [-0.2, 0) is 23.7 Å². The topological polar surface area (TPSA) is 150 Å². The van der Waals surface area contributed by atoms with E-state index in [0.29, 0.717) is 55.9 Å². The van der Waals surface area contributed by atoms with Crippen molar-refractivity contribution < 1.29 is 28.5 Å². The summed E-state index contributed by atoms with van der Waals surface area (Å²) < 4.78 is 25.0. The van der Waals surface area contributed by atoms with Gasteiger partial charge >= 0.3 is 5.97 Å². The second-order valence-corrected chi connectivity index (χ2v) is 12.1. The number of piperazine rings is 1. The zero-order chi connectivity index (χ0) is 33.2. The van der Waals surface area contributed by atoms with Crippen LogP contribution in [0, 0.1) is 6.92 Å². The molecule has 0 unspecified atom stereocenters. The minimum absolute atomic E-state index is 0.0874. The minimum Gasteiger partial charge on any atom is -0.458 e. The number of carbonyl (C=O) groups excluding carboxylic acids is 2. The highest BCUT2D eigenvalue weighted by molar-refractivity contribution is 6.08. The number of aromatic nitrogens is 6. The Balaban J connectivity index is 1.06. The van der Waals surface area contributed by atoms with Crippen LogP contribution in [0.1, 0.15) is 36.7 Å². The molecule has 252 valence electrons. The first-order valence-corrected chi connectivity index (χ1v) is 15.7. The molecule has 0 radical (unpaired) electrons. The van der Waals surface area contributed by atoms with Crippen LogP contribution >= 0.6 is 0 Å². The maximum atomic E-state index is 13.3. The summed E-state index contributed by atoms with van der Waals surface area (Å²) in [4.78, 5) is 38.3. The van der Waals surface area contributed by atoms with E-state index in [1.807, 2.05) is 45.9 Å². The maximum Gasteiger partial charge on any atom is 0.332 e. The van der Waals surface area contributed by atoms with E-state index in [4.69, 9.17) is 24.0 Å². The van der Waals surface area contributed by atoms with Crippen LogP contribution in [0.3, 0.4) is 0 Å². The SMILES string of the molecule is Cc1ccc(-n2nc(N3CCN(CCOCCOCCOCC(=O)OC(C)(C)C)CC3)cc2NC(=O)c2cnn3cccnc23)nc1. The van der Waals surface area contributed by atoms with Gasteiger partial charge in [-0.15, -0.1) is 5.10 Å². The molecular formula is C32H43N9O6. The molecule has 1 N–H and O–H groups in total. The molecule has 5 rings (SSSR count). The van der Waals surface area contributed by atoms with Crippen LogP contribution in [-0.4, -0.2) is 124 Å². The van der Waals surface area contributed by atoms with Gasteiger partial charge in [0.1, 0.15) is 23.6 Å². The number of nitrogens with zero attached hydrogens (tertiary/aromatic N) is 8. The van der Waals surface area contributed by atoms with Crippen LogP contribution in [0.5, 0.6) is 0 Å². The maximum absolute atomic E-state index is 13.3. The van der Waals surface area contributed by atoms with Gasteiger partial charge in [0.05, 0.1) is 39.2 Å². The van der Waals surface area contributed by atoms with Crippen molar-refractivity contribution in [1.29, 1.82) is 0 Å². The van der Waals surface area contributed by atoms with Gasteiger partial charge in [0.15, 0.2) is 17.3 Å². The normalized spacial score (nSPS) is 14.1. The van der Waals surface area contributed by atoms with Crippen molar-refractivity contribution >= 4 is 29.2 Å². The Labute approximate surface area is 273 Å². The average Bonchev–Trinajstić information content (AvgIpc) is 3.66. The van der Waals surface area contributed by atoms with Gasteiger partial charge in [-0.3, -0.25) is 9.69 Å². The van der Waals surface area contributed by atoms with Gasteiger partial charge in [0, 0.05) is 57.4 Å². The van der Waals surface area contributed by atoms with Crippen LogP contribution in [0.15, 0.2) is 49.1 Å². The molecule has 0 aliphatic carbocycles. The van der Waals surface area contributed by atoms with Gasteiger partial charge in [-0.2, -0.15) is 9.78 Å². The predicted octanol–water partition coefficient (Wildman–Crippen LogP) is 2.38. The highest BCUT2D eigenvalue weighted by Crippen LogP contribution is 2.24. The lowest BCUT2D eigenvalue weighted by Gasteiger charge is -2.34. The smallest absolute Gasteiger partial charge is 0.332 e. The molecule has 0 bridgehead atoms. The fourth-order valence-electron chi connectivity index (χ4n) is 4.90. The highest BCUT2D eigenvalue weighted by atomic mass is 16.6. The average molecular weight is 650 g/mol. The Morgan fingerprint density at radius 1 is 0.915 bits per heavy atom. The third-order valence-electron chi connectivity index (χ3n) is 7.21. The summed E-state index contributed by atoms with van der Waals surface area (Å²) in [5, 5.41) is 12.1. The van der Waals surface area contributed by atoms with Gasteiger partial charge in [-0.1, -0.05) is 6.07 Å². The first-order valence-electron chi connectivity index (χ1n) is 15.7. The Bertz CT molecular complexity index is 1610. The first kappa shape index (κ1) is 33.9. The summed E-state index contributed by atoms with van der Waals surface area (Å²) in [6.07, 6.45) is 6.65. The van der Waals surface area contributed by atoms with Crippen molar-refractivity contribution in [3.8, 4) is 5.82 Å². The number of anilines is 2. The predicted molar refractivity (Wildman–Crippen MR) is 174 cm³/mol. The number of fused-ring (bicyclic) bond motifs is 1. The summed E-state index contributed by atoms with van der Waals surface area (Å²) in [5.74, 6) is 1.14. The number of carbonyl (C=O) groups is 2. The van der Waals surface area contributed by atoms with E-state index in [1.54, 1.807) is 33.9 Å². The van der Waals surface area contributed by atoms with Crippen molar-refractivity contribution in [2.75, 3.05) is 82.6 Å². The fraction of sp³-hybridized carbons (Fsp3) is 0.500. The Morgan fingerprint density at radius 2 is 1.66 bits per heavy atom. The fourth-order valence-corrected chi connectivity index (χ4v) is 4.90. The van der Waals surface area contributed by atoms with Crippen molar-refractivity contribution in [3.63, 3.8) is 0 Å². The monoisotopic (exact) mass is 649 g/mol. The molecule has 0 atom stereocenters. The molecular weight excluding hydrogens is 606 g/mol. The molecule has 5 heterocycles. The van der Waals surface area contributed by atoms with Crippen LogP contribution in [0.2, 0.25) is 0 Å². The second kappa shape index (κ2) is 15.9. The van der Waals surface area contributed by atoms with Gasteiger partial charge in [0.2, 0.25) is 0 Å².